The van der Waals surface area contributed by atoms with Crippen LogP contribution in [0.25, 0.3) is 10.9 Å². The van der Waals surface area contributed by atoms with Crippen LogP contribution in [0.5, 0.6) is 0 Å². The molecule has 5 nitrogen and oxygen atoms in total. The third kappa shape index (κ3) is 1.75. The van der Waals surface area contributed by atoms with E-state index in [9.17, 15) is 9.59 Å². The van der Waals surface area contributed by atoms with Crippen LogP contribution in [-0.4, -0.2) is 23.0 Å². The number of benzene rings is 1. The molecule has 3 rings (SSSR count). The van der Waals surface area contributed by atoms with Gasteiger partial charge in [-0.3, -0.25) is 10.1 Å². The van der Waals surface area contributed by atoms with E-state index in [2.05, 4.69) is 15.6 Å². The molecule has 3 N–H and O–H groups in total. The zero-order valence-electron chi connectivity index (χ0n) is 8.99. The van der Waals surface area contributed by atoms with Crippen LogP contribution in [0.3, 0.4) is 0 Å². The lowest BCUT2D eigenvalue weighted by Crippen LogP contribution is -2.31. The molecule has 2 heterocycles. The van der Waals surface area contributed by atoms with Gasteiger partial charge in [-0.25, -0.2) is 4.79 Å². The highest BCUT2D eigenvalue weighted by Gasteiger charge is 2.29. The van der Waals surface area contributed by atoms with Crippen LogP contribution in [0.1, 0.15) is 5.69 Å². The van der Waals surface area contributed by atoms with Gasteiger partial charge in [0.2, 0.25) is 0 Å². The minimum absolute atomic E-state index is 0.270. The summed E-state index contributed by atoms with van der Waals surface area (Å²) in [5, 5.41) is 5.90. The molecule has 17 heavy (non-hydrogen) atoms. The molecule has 1 atom stereocenters. The molecule has 1 aliphatic rings. The minimum atomic E-state index is -0.476. The third-order valence-corrected chi connectivity index (χ3v) is 2.87. The Kier molecular flexibility index (Phi) is 2.11. The normalized spacial score (nSPS) is 19.4. The van der Waals surface area contributed by atoms with Crippen LogP contribution in [0.2, 0.25) is 0 Å². The average molecular weight is 229 g/mol. The summed E-state index contributed by atoms with van der Waals surface area (Å²) < 4.78 is 0. The van der Waals surface area contributed by atoms with Gasteiger partial charge in [0.05, 0.1) is 0 Å². The lowest BCUT2D eigenvalue weighted by molar-refractivity contribution is -0.120. The van der Waals surface area contributed by atoms with E-state index in [0.717, 1.165) is 16.6 Å². The summed E-state index contributed by atoms with van der Waals surface area (Å²) in [6.45, 7) is 0. The van der Waals surface area contributed by atoms with Gasteiger partial charge in [0.15, 0.2) is 0 Å². The predicted octanol–water partition coefficient (Wildman–Crippen LogP) is 0.918. The number of imide groups is 1. The lowest BCUT2D eigenvalue weighted by Gasteiger charge is -2.04. The Morgan fingerprint density at radius 1 is 1.18 bits per heavy atom. The predicted molar refractivity (Wildman–Crippen MR) is 62.5 cm³/mol. The summed E-state index contributed by atoms with van der Waals surface area (Å²) in [7, 11) is 0. The highest BCUT2D eigenvalue weighted by molar-refractivity contribution is 6.04. The van der Waals surface area contributed by atoms with Crippen LogP contribution >= 0.6 is 0 Å². The van der Waals surface area contributed by atoms with E-state index < -0.39 is 12.1 Å². The number of amides is 3. The van der Waals surface area contributed by atoms with E-state index in [1.807, 2.05) is 30.3 Å². The van der Waals surface area contributed by atoms with Gasteiger partial charge in [0.25, 0.3) is 5.91 Å². The van der Waals surface area contributed by atoms with E-state index >= 15 is 0 Å². The van der Waals surface area contributed by atoms with Gasteiger partial charge in [-0.15, -0.1) is 0 Å². The second kappa shape index (κ2) is 3.62. The van der Waals surface area contributed by atoms with E-state index in [0.29, 0.717) is 6.42 Å². The SMILES string of the molecule is O=C1NC(=O)C(Cc2cc3ccccc3[nH]2)N1. The van der Waals surface area contributed by atoms with E-state index in [4.69, 9.17) is 0 Å². The summed E-state index contributed by atoms with van der Waals surface area (Å²) in [6, 6.07) is 8.99. The maximum absolute atomic E-state index is 11.4. The van der Waals surface area contributed by atoms with Crippen molar-refractivity contribution in [2.75, 3.05) is 0 Å². The molecule has 0 bridgehead atoms. The maximum atomic E-state index is 11.4. The number of carbonyl (C=O) groups is 2. The Labute approximate surface area is 97.2 Å². The second-order valence-corrected chi connectivity index (χ2v) is 4.10. The Bertz CT molecular complexity index is 570. The molecule has 1 aliphatic heterocycles. The fourth-order valence-electron chi connectivity index (χ4n) is 2.07. The average Bonchev–Trinajstić information content (AvgIpc) is 2.82. The number of nitrogens with one attached hydrogen (secondary N) is 3. The topological polar surface area (TPSA) is 74.0 Å². The van der Waals surface area contributed by atoms with Crippen molar-refractivity contribution < 1.29 is 9.59 Å². The number of aromatic nitrogens is 1. The van der Waals surface area contributed by atoms with Crippen molar-refractivity contribution in [1.82, 2.24) is 15.6 Å². The number of carbonyl (C=O) groups excluding carboxylic acids is 2. The van der Waals surface area contributed by atoms with Crippen LogP contribution in [0, 0.1) is 0 Å². The van der Waals surface area contributed by atoms with Gasteiger partial charge in [0.1, 0.15) is 6.04 Å². The van der Waals surface area contributed by atoms with Gasteiger partial charge in [-0.05, 0) is 17.5 Å². The molecule has 2 aromatic rings. The molecule has 1 saturated heterocycles. The van der Waals surface area contributed by atoms with Crippen molar-refractivity contribution >= 4 is 22.8 Å². The van der Waals surface area contributed by atoms with Crippen molar-refractivity contribution in [3.8, 4) is 0 Å². The molecular weight excluding hydrogens is 218 g/mol. The highest BCUT2D eigenvalue weighted by Crippen LogP contribution is 2.16. The van der Waals surface area contributed by atoms with Crippen molar-refractivity contribution in [3.05, 3.63) is 36.0 Å². The molecule has 0 radical (unpaired) electrons. The largest absolute Gasteiger partial charge is 0.358 e. The number of hydrogen-bond acceptors (Lipinski definition) is 2. The number of hydrogen-bond donors (Lipinski definition) is 3. The van der Waals surface area contributed by atoms with Gasteiger partial charge in [-0.1, -0.05) is 18.2 Å². The zero-order valence-corrected chi connectivity index (χ0v) is 8.99. The number of aromatic amines is 1. The summed E-state index contributed by atoms with van der Waals surface area (Å²) in [4.78, 5) is 25.6. The third-order valence-electron chi connectivity index (χ3n) is 2.87. The van der Waals surface area contributed by atoms with Crippen LogP contribution in [-0.2, 0) is 11.2 Å². The Balaban J connectivity index is 1.85. The van der Waals surface area contributed by atoms with Gasteiger partial charge in [0, 0.05) is 17.6 Å². The Morgan fingerprint density at radius 2 is 2.00 bits per heavy atom. The van der Waals surface area contributed by atoms with Gasteiger partial charge < -0.3 is 10.3 Å². The first-order valence-electron chi connectivity index (χ1n) is 5.40. The molecule has 0 spiro atoms. The lowest BCUT2D eigenvalue weighted by atomic mass is 10.1. The molecule has 1 fully saturated rings. The molecule has 0 aliphatic carbocycles. The smallest absolute Gasteiger partial charge is 0.322 e. The summed E-state index contributed by atoms with van der Waals surface area (Å²) in [5.74, 6) is -0.270. The number of para-hydroxylation sites is 1. The molecular formula is C12H11N3O2. The summed E-state index contributed by atoms with van der Waals surface area (Å²) in [5.41, 5.74) is 1.97. The Hall–Kier alpha value is -2.30. The standard InChI is InChI=1S/C12H11N3O2/c16-11-10(14-12(17)15-11)6-8-5-7-3-1-2-4-9(7)13-8/h1-5,10,13H,6H2,(H2,14,15,16,17). The summed E-state index contributed by atoms with van der Waals surface area (Å²) >= 11 is 0. The number of H-pyrrole nitrogens is 1. The monoisotopic (exact) mass is 229 g/mol. The quantitative estimate of drug-likeness (QED) is 0.670. The van der Waals surface area contributed by atoms with Crippen molar-refractivity contribution in [2.24, 2.45) is 0 Å². The van der Waals surface area contributed by atoms with E-state index in [1.54, 1.807) is 0 Å². The molecule has 3 amide bonds. The maximum Gasteiger partial charge on any atom is 0.322 e. The van der Waals surface area contributed by atoms with Gasteiger partial charge >= 0.3 is 6.03 Å². The van der Waals surface area contributed by atoms with Gasteiger partial charge in [-0.2, -0.15) is 0 Å². The second-order valence-electron chi connectivity index (χ2n) is 4.10. The Morgan fingerprint density at radius 3 is 2.71 bits per heavy atom. The molecule has 1 aromatic carbocycles. The zero-order chi connectivity index (χ0) is 11.8. The van der Waals surface area contributed by atoms with E-state index in [1.165, 1.54) is 0 Å². The van der Waals surface area contributed by atoms with Crippen molar-refractivity contribution in [1.29, 1.82) is 0 Å². The van der Waals surface area contributed by atoms with Crippen LogP contribution in [0.15, 0.2) is 30.3 Å². The first-order chi connectivity index (χ1) is 8.22. The van der Waals surface area contributed by atoms with Crippen molar-refractivity contribution in [3.63, 3.8) is 0 Å². The number of urea groups is 1. The highest BCUT2D eigenvalue weighted by atomic mass is 16.2. The molecule has 1 unspecified atom stereocenters. The molecule has 5 heteroatoms. The summed E-state index contributed by atoms with van der Waals surface area (Å²) in [6.07, 6.45) is 0.478. The molecule has 1 aromatic heterocycles. The van der Waals surface area contributed by atoms with Crippen LogP contribution in [0.4, 0.5) is 4.79 Å². The first kappa shape index (κ1) is 9.89. The molecule has 86 valence electrons. The minimum Gasteiger partial charge on any atom is -0.358 e. The fraction of sp³-hybridized carbons (Fsp3) is 0.167. The number of fused-ring (bicyclic) bond motifs is 1. The molecule has 0 saturated carbocycles. The van der Waals surface area contributed by atoms with Crippen molar-refractivity contribution in [2.45, 2.75) is 12.5 Å². The first-order valence-corrected chi connectivity index (χ1v) is 5.40. The van der Waals surface area contributed by atoms with Crippen LogP contribution < -0.4 is 10.6 Å². The number of rotatable bonds is 2. The fourth-order valence-corrected chi connectivity index (χ4v) is 2.07. The van der Waals surface area contributed by atoms with E-state index in [-0.39, 0.29) is 5.91 Å².